The average molecular weight is 326 g/mol. The second-order valence-electron chi connectivity index (χ2n) is 9.42. The molecule has 0 radical (unpaired) electrons. The molecule has 0 bridgehead atoms. The van der Waals surface area contributed by atoms with E-state index in [1.54, 1.807) is 0 Å². The molecule has 1 unspecified atom stereocenters. The van der Waals surface area contributed by atoms with Crippen LogP contribution >= 0.6 is 0 Å². The van der Waals surface area contributed by atoms with Crippen LogP contribution in [0.1, 0.15) is 126 Å². The van der Waals surface area contributed by atoms with Gasteiger partial charge in [0.15, 0.2) is 0 Å². The number of rotatable bonds is 12. The molecular weight excluding hydrogens is 278 g/mol. The third-order valence-electron chi connectivity index (χ3n) is 4.84. The van der Waals surface area contributed by atoms with Crippen molar-refractivity contribution in [2.75, 3.05) is 0 Å². The predicted octanol–water partition coefficient (Wildman–Crippen LogP) is 7.58. The summed E-state index contributed by atoms with van der Waals surface area (Å²) in [4.78, 5) is 2.80. The van der Waals surface area contributed by atoms with Gasteiger partial charge in [-0.3, -0.25) is 4.90 Å². The first-order valence-electron chi connectivity index (χ1n) is 10.4. The maximum absolute atomic E-state index is 2.80. The Balaban J connectivity index is 4.54. The van der Waals surface area contributed by atoms with Crippen molar-refractivity contribution in [3.8, 4) is 0 Å². The molecule has 0 amide bonds. The molecular formula is C22H47N. The van der Waals surface area contributed by atoms with E-state index >= 15 is 0 Å². The first kappa shape index (κ1) is 23.0. The van der Waals surface area contributed by atoms with Crippen LogP contribution in [0.5, 0.6) is 0 Å². The fourth-order valence-electron chi connectivity index (χ4n) is 4.28. The van der Waals surface area contributed by atoms with E-state index in [1.807, 2.05) is 0 Å². The third kappa shape index (κ3) is 10.4. The highest BCUT2D eigenvalue weighted by molar-refractivity contribution is 4.91. The van der Waals surface area contributed by atoms with Crippen molar-refractivity contribution in [2.45, 2.75) is 143 Å². The lowest BCUT2D eigenvalue weighted by Gasteiger charge is -2.50. The van der Waals surface area contributed by atoms with Crippen molar-refractivity contribution in [3.63, 3.8) is 0 Å². The zero-order valence-electron chi connectivity index (χ0n) is 17.8. The lowest BCUT2D eigenvalue weighted by atomic mass is 9.88. The van der Waals surface area contributed by atoms with Gasteiger partial charge < -0.3 is 0 Å². The molecule has 0 rings (SSSR count). The van der Waals surface area contributed by atoms with Gasteiger partial charge >= 0.3 is 0 Å². The highest BCUT2D eigenvalue weighted by Crippen LogP contribution is 2.32. The topological polar surface area (TPSA) is 3.24 Å². The summed E-state index contributed by atoms with van der Waals surface area (Å²) in [6.45, 7) is 19.0. The first-order valence-corrected chi connectivity index (χ1v) is 10.4. The van der Waals surface area contributed by atoms with Gasteiger partial charge in [0.2, 0.25) is 0 Å². The van der Waals surface area contributed by atoms with E-state index in [9.17, 15) is 0 Å². The summed E-state index contributed by atoms with van der Waals surface area (Å²) in [5.74, 6) is 0. The second kappa shape index (κ2) is 11.5. The summed E-state index contributed by atoms with van der Waals surface area (Å²) >= 11 is 0. The van der Waals surface area contributed by atoms with Gasteiger partial charge in [0, 0.05) is 17.1 Å². The molecule has 0 spiro atoms. The van der Waals surface area contributed by atoms with Crippen LogP contribution in [0.25, 0.3) is 0 Å². The van der Waals surface area contributed by atoms with Crippen molar-refractivity contribution >= 4 is 0 Å². The largest absolute Gasteiger partial charge is 0.291 e. The van der Waals surface area contributed by atoms with Crippen molar-refractivity contribution in [2.24, 2.45) is 0 Å². The lowest BCUT2D eigenvalue weighted by Crippen LogP contribution is -2.57. The summed E-state index contributed by atoms with van der Waals surface area (Å²) in [7, 11) is 0. The Hall–Kier alpha value is -0.0400. The van der Waals surface area contributed by atoms with Crippen LogP contribution in [-0.4, -0.2) is 22.0 Å². The molecule has 0 saturated carbocycles. The van der Waals surface area contributed by atoms with Gasteiger partial charge in [-0.15, -0.1) is 0 Å². The molecule has 1 heteroatoms. The Labute approximate surface area is 148 Å². The van der Waals surface area contributed by atoms with Crippen molar-refractivity contribution in [1.29, 1.82) is 0 Å². The van der Waals surface area contributed by atoms with Gasteiger partial charge in [0.05, 0.1) is 0 Å². The third-order valence-corrected chi connectivity index (χ3v) is 4.84. The van der Waals surface area contributed by atoms with Gasteiger partial charge in [0.1, 0.15) is 0 Å². The van der Waals surface area contributed by atoms with Crippen LogP contribution in [-0.2, 0) is 0 Å². The molecule has 0 saturated heterocycles. The molecule has 0 aromatic heterocycles. The van der Waals surface area contributed by atoms with Crippen LogP contribution in [0.4, 0.5) is 0 Å². The van der Waals surface area contributed by atoms with E-state index in [4.69, 9.17) is 0 Å². The smallest absolute Gasteiger partial charge is 0.0133 e. The SMILES string of the molecule is CCCCCCCCCC(CCCC)N(C(C)(C)C)C(C)(C)C. The normalized spacial score (nSPS) is 14.5. The minimum Gasteiger partial charge on any atom is -0.291 e. The molecule has 0 fully saturated rings. The Morgan fingerprint density at radius 1 is 0.565 bits per heavy atom. The van der Waals surface area contributed by atoms with Gasteiger partial charge in [0.25, 0.3) is 0 Å². The minimum atomic E-state index is 0.248. The molecule has 140 valence electrons. The zero-order valence-corrected chi connectivity index (χ0v) is 17.8. The number of unbranched alkanes of at least 4 members (excludes halogenated alkanes) is 7. The Kier molecular flexibility index (Phi) is 11.5. The Bertz CT molecular complexity index is 255. The minimum absolute atomic E-state index is 0.248. The molecule has 0 heterocycles. The molecule has 0 aromatic carbocycles. The molecule has 0 aromatic rings. The standard InChI is InChI=1S/C22H47N/c1-9-11-13-14-15-16-17-19-20(18-12-10-2)23(21(3,4)5)22(6,7)8/h20H,9-19H2,1-8H3. The number of hydrogen-bond acceptors (Lipinski definition) is 1. The maximum atomic E-state index is 2.80. The van der Waals surface area contributed by atoms with E-state index in [0.29, 0.717) is 0 Å². The van der Waals surface area contributed by atoms with Gasteiger partial charge in [-0.2, -0.15) is 0 Å². The van der Waals surface area contributed by atoms with E-state index in [0.717, 1.165) is 6.04 Å². The summed E-state index contributed by atoms with van der Waals surface area (Å²) < 4.78 is 0. The maximum Gasteiger partial charge on any atom is 0.0133 e. The average Bonchev–Trinajstić information content (AvgIpc) is 2.40. The van der Waals surface area contributed by atoms with Crippen LogP contribution in [0.3, 0.4) is 0 Å². The van der Waals surface area contributed by atoms with Gasteiger partial charge in [-0.05, 0) is 54.4 Å². The van der Waals surface area contributed by atoms with Crippen LogP contribution in [0.15, 0.2) is 0 Å². The molecule has 0 N–H and O–H groups in total. The fourth-order valence-corrected chi connectivity index (χ4v) is 4.28. The zero-order chi connectivity index (χ0) is 17.9. The molecule has 0 aliphatic carbocycles. The van der Waals surface area contributed by atoms with E-state index in [1.165, 1.54) is 70.6 Å². The highest BCUT2D eigenvalue weighted by atomic mass is 15.3. The molecule has 1 nitrogen and oxygen atoms in total. The van der Waals surface area contributed by atoms with E-state index in [-0.39, 0.29) is 11.1 Å². The second-order valence-corrected chi connectivity index (χ2v) is 9.42. The molecule has 0 aliphatic heterocycles. The fraction of sp³-hybridized carbons (Fsp3) is 1.00. The quantitative estimate of drug-likeness (QED) is 0.334. The molecule has 0 aliphatic rings. The van der Waals surface area contributed by atoms with Crippen molar-refractivity contribution < 1.29 is 0 Å². The number of nitrogens with zero attached hydrogens (tertiary/aromatic N) is 1. The van der Waals surface area contributed by atoms with Crippen molar-refractivity contribution in [3.05, 3.63) is 0 Å². The summed E-state index contributed by atoms with van der Waals surface area (Å²) in [6.07, 6.45) is 15.3. The Morgan fingerprint density at radius 2 is 0.957 bits per heavy atom. The van der Waals surface area contributed by atoms with Crippen molar-refractivity contribution in [1.82, 2.24) is 4.90 Å². The summed E-state index contributed by atoms with van der Waals surface area (Å²) in [5.41, 5.74) is 0.496. The van der Waals surface area contributed by atoms with Crippen LogP contribution < -0.4 is 0 Å². The number of hydrogen-bond donors (Lipinski definition) is 0. The predicted molar refractivity (Wildman–Crippen MR) is 107 cm³/mol. The van der Waals surface area contributed by atoms with Gasteiger partial charge in [-0.25, -0.2) is 0 Å². The molecule has 1 atom stereocenters. The molecule has 23 heavy (non-hydrogen) atoms. The lowest BCUT2D eigenvalue weighted by molar-refractivity contribution is -0.0136. The van der Waals surface area contributed by atoms with E-state index < -0.39 is 0 Å². The summed E-state index contributed by atoms with van der Waals surface area (Å²) in [5, 5.41) is 0. The Morgan fingerprint density at radius 3 is 1.39 bits per heavy atom. The van der Waals surface area contributed by atoms with E-state index in [2.05, 4.69) is 60.3 Å². The summed E-state index contributed by atoms with van der Waals surface area (Å²) in [6, 6.07) is 0.741. The first-order chi connectivity index (χ1) is 10.6. The highest BCUT2D eigenvalue weighted by Gasteiger charge is 2.36. The van der Waals surface area contributed by atoms with Gasteiger partial charge in [-0.1, -0.05) is 71.6 Å². The monoisotopic (exact) mass is 325 g/mol. The van der Waals surface area contributed by atoms with Crippen LogP contribution in [0.2, 0.25) is 0 Å². The van der Waals surface area contributed by atoms with Crippen LogP contribution in [0, 0.1) is 0 Å².